The molecule has 0 aliphatic carbocycles. The van der Waals surface area contributed by atoms with Gasteiger partial charge in [0.05, 0.1) is 0 Å². The Morgan fingerprint density at radius 1 is 1.24 bits per heavy atom. The van der Waals surface area contributed by atoms with Crippen LogP contribution >= 0.6 is 11.8 Å². The Balaban J connectivity index is 3.04. The van der Waals surface area contributed by atoms with Gasteiger partial charge in [0.1, 0.15) is 0 Å². The van der Waals surface area contributed by atoms with Crippen LogP contribution < -0.4 is 5.73 Å². The molecule has 0 saturated carbocycles. The summed E-state index contributed by atoms with van der Waals surface area (Å²) in [6, 6.07) is 8.15. The van der Waals surface area contributed by atoms with Gasteiger partial charge in [0.2, 0.25) is 0 Å². The molecular weight excluding hydrogens is 230 g/mol. The summed E-state index contributed by atoms with van der Waals surface area (Å²) in [6.07, 6.45) is 3.50. The number of hydrogen-bond acceptors (Lipinski definition) is 3. The van der Waals surface area contributed by atoms with Gasteiger partial charge in [-0.2, -0.15) is 0 Å². The lowest BCUT2D eigenvalue weighted by Gasteiger charge is -2.05. The summed E-state index contributed by atoms with van der Waals surface area (Å²) >= 11 is 1.21. The van der Waals surface area contributed by atoms with Crippen molar-refractivity contribution in [1.29, 1.82) is 0 Å². The second-order valence-electron chi connectivity index (χ2n) is 3.86. The summed E-state index contributed by atoms with van der Waals surface area (Å²) in [5, 5.41) is 0.0598. The summed E-state index contributed by atoms with van der Waals surface area (Å²) in [5.41, 5.74) is 8.69. The van der Waals surface area contributed by atoms with Gasteiger partial charge in [-0.15, -0.1) is 0 Å². The number of carbonyl (C=O) groups is 1. The van der Waals surface area contributed by atoms with Crippen LogP contribution in [0.1, 0.15) is 25.0 Å². The molecule has 90 valence electrons. The smallest absolute Gasteiger partial charge is 0.190 e. The molecule has 1 aromatic rings. The van der Waals surface area contributed by atoms with Gasteiger partial charge in [-0.05, 0) is 37.3 Å². The third-order valence-electron chi connectivity index (χ3n) is 2.27. The highest BCUT2D eigenvalue weighted by molar-refractivity contribution is 8.17. The molecule has 2 N–H and O–H groups in total. The van der Waals surface area contributed by atoms with E-state index in [2.05, 4.69) is 0 Å². The number of allylic oxidation sites excluding steroid dienone is 1. The number of nitrogens with two attached hydrogens (primary N) is 1. The number of aryl methyl sites for hydroxylation is 1. The van der Waals surface area contributed by atoms with Crippen molar-refractivity contribution in [2.24, 2.45) is 5.73 Å². The molecule has 0 aromatic heterocycles. The van der Waals surface area contributed by atoms with Gasteiger partial charge >= 0.3 is 0 Å². The number of carbonyl (C=O) groups excluding carboxylic acids is 1. The lowest BCUT2D eigenvalue weighted by Crippen LogP contribution is -1.91. The normalized spacial score (nSPS) is 12.6. The largest absolute Gasteiger partial charge is 0.404 e. The zero-order chi connectivity index (χ0) is 12.8. The predicted octanol–water partition coefficient (Wildman–Crippen LogP) is 3.48. The Kier molecular flexibility index (Phi) is 5.04. The summed E-state index contributed by atoms with van der Waals surface area (Å²) in [6.45, 7) is 5.50. The molecule has 0 unspecified atom stereocenters. The van der Waals surface area contributed by atoms with Gasteiger partial charge in [-0.1, -0.05) is 41.6 Å². The average Bonchev–Trinajstić information content (AvgIpc) is 2.29. The number of benzene rings is 1. The van der Waals surface area contributed by atoms with E-state index in [-0.39, 0.29) is 5.12 Å². The standard InChI is InChI=1S/C14H17NOS/c1-10-4-6-13(7-5-10)8-14(11(2)9-15)17-12(3)16/h4-9H,15H2,1-3H3/b11-9-,14-8+. The Bertz CT molecular complexity index is 458. The third kappa shape index (κ3) is 4.49. The maximum atomic E-state index is 11.2. The molecular formula is C14H17NOS. The molecule has 0 fully saturated rings. The van der Waals surface area contributed by atoms with Gasteiger partial charge < -0.3 is 5.73 Å². The van der Waals surface area contributed by atoms with Gasteiger partial charge in [0, 0.05) is 11.8 Å². The fourth-order valence-electron chi connectivity index (χ4n) is 1.27. The van der Waals surface area contributed by atoms with Gasteiger partial charge in [-0.3, -0.25) is 4.79 Å². The van der Waals surface area contributed by atoms with E-state index in [9.17, 15) is 4.79 Å². The fourth-order valence-corrected chi connectivity index (χ4v) is 2.01. The van der Waals surface area contributed by atoms with E-state index < -0.39 is 0 Å². The Morgan fingerprint density at radius 2 is 1.82 bits per heavy atom. The van der Waals surface area contributed by atoms with E-state index in [4.69, 9.17) is 5.73 Å². The monoisotopic (exact) mass is 247 g/mol. The van der Waals surface area contributed by atoms with Crippen LogP contribution in [0, 0.1) is 6.92 Å². The first-order chi connectivity index (χ1) is 8.02. The first-order valence-electron chi connectivity index (χ1n) is 5.38. The fraction of sp³-hybridized carbons (Fsp3) is 0.214. The van der Waals surface area contributed by atoms with Crippen LogP contribution in [0.25, 0.3) is 6.08 Å². The highest BCUT2D eigenvalue weighted by Crippen LogP contribution is 2.26. The minimum atomic E-state index is 0.0598. The number of hydrogen-bond donors (Lipinski definition) is 1. The van der Waals surface area contributed by atoms with Crippen LogP contribution in [-0.2, 0) is 4.79 Å². The molecule has 0 bridgehead atoms. The zero-order valence-electron chi connectivity index (χ0n) is 10.4. The minimum Gasteiger partial charge on any atom is -0.404 e. The predicted molar refractivity (Wildman–Crippen MR) is 75.4 cm³/mol. The average molecular weight is 247 g/mol. The topological polar surface area (TPSA) is 43.1 Å². The van der Waals surface area contributed by atoms with Gasteiger partial charge in [0.15, 0.2) is 5.12 Å². The molecule has 17 heavy (non-hydrogen) atoms. The van der Waals surface area contributed by atoms with Crippen molar-refractivity contribution in [2.45, 2.75) is 20.8 Å². The highest BCUT2D eigenvalue weighted by atomic mass is 32.2. The van der Waals surface area contributed by atoms with Crippen molar-refractivity contribution in [3.8, 4) is 0 Å². The van der Waals surface area contributed by atoms with Crippen molar-refractivity contribution >= 4 is 23.0 Å². The first-order valence-corrected chi connectivity index (χ1v) is 6.20. The zero-order valence-corrected chi connectivity index (χ0v) is 11.2. The van der Waals surface area contributed by atoms with Crippen molar-refractivity contribution in [1.82, 2.24) is 0 Å². The van der Waals surface area contributed by atoms with Crippen LogP contribution in [-0.4, -0.2) is 5.12 Å². The van der Waals surface area contributed by atoms with Crippen LogP contribution in [0.15, 0.2) is 40.9 Å². The quantitative estimate of drug-likeness (QED) is 0.832. The summed E-state index contributed by atoms with van der Waals surface area (Å²) in [4.78, 5) is 12.1. The van der Waals surface area contributed by atoms with E-state index >= 15 is 0 Å². The van der Waals surface area contributed by atoms with E-state index in [1.54, 1.807) is 6.92 Å². The second-order valence-corrected chi connectivity index (χ2v) is 5.08. The molecule has 0 amide bonds. The lowest BCUT2D eigenvalue weighted by molar-refractivity contribution is -0.109. The van der Waals surface area contributed by atoms with E-state index in [0.717, 1.165) is 16.0 Å². The molecule has 1 rings (SSSR count). The van der Waals surface area contributed by atoms with E-state index in [1.807, 2.05) is 44.2 Å². The lowest BCUT2D eigenvalue weighted by atomic mass is 10.1. The number of rotatable bonds is 3. The first kappa shape index (κ1) is 13.6. The van der Waals surface area contributed by atoms with E-state index in [1.165, 1.54) is 23.5 Å². The maximum Gasteiger partial charge on any atom is 0.190 e. The Labute approximate surface area is 107 Å². The number of thioether (sulfide) groups is 1. The summed E-state index contributed by atoms with van der Waals surface area (Å²) < 4.78 is 0. The van der Waals surface area contributed by atoms with Crippen molar-refractivity contribution < 1.29 is 4.79 Å². The Hall–Kier alpha value is -1.48. The molecule has 0 aliphatic rings. The van der Waals surface area contributed by atoms with Crippen LogP contribution in [0.2, 0.25) is 0 Å². The molecule has 0 atom stereocenters. The molecule has 0 radical (unpaired) electrons. The van der Waals surface area contributed by atoms with Crippen LogP contribution in [0.3, 0.4) is 0 Å². The minimum absolute atomic E-state index is 0.0598. The summed E-state index contributed by atoms with van der Waals surface area (Å²) in [7, 11) is 0. The van der Waals surface area contributed by atoms with Crippen molar-refractivity contribution in [2.75, 3.05) is 0 Å². The summed E-state index contributed by atoms with van der Waals surface area (Å²) in [5.74, 6) is 0. The second kappa shape index (κ2) is 6.30. The molecule has 3 heteroatoms. The SMILES string of the molecule is CC(=O)SC(=C/c1ccc(C)cc1)/C(C)=C\N. The maximum absolute atomic E-state index is 11.2. The Morgan fingerprint density at radius 3 is 2.29 bits per heavy atom. The molecule has 1 aromatic carbocycles. The molecule has 2 nitrogen and oxygen atoms in total. The van der Waals surface area contributed by atoms with E-state index in [0.29, 0.717) is 0 Å². The van der Waals surface area contributed by atoms with Crippen molar-refractivity contribution in [3.63, 3.8) is 0 Å². The highest BCUT2D eigenvalue weighted by Gasteiger charge is 2.04. The molecule has 0 spiro atoms. The molecule has 0 heterocycles. The van der Waals surface area contributed by atoms with Crippen LogP contribution in [0.5, 0.6) is 0 Å². The molecule has 0 saturated heterocycles. The van der Waals surface area contributed by atoms with Gasteiger partial charge in [0.25, 0.3) is 0 Å². The van der Waals surface area contributed by atoms with Crippen LogP contribution in [0.4, 0.5) is 0 Å². The van der Waals surface area contributed by atoms with Crippen molar-refractivity contribution in [3.05, 3.63) is 52.1 Å². The third-order valence-corrected chi connectivity index (χ3v) is 3.21. The molecule has 0 aliphatic heterocycles. The van der Waals surface area contributed by atoms with Gasteiger partial charge in [-0.25, -0.2) is 0 Å².